The molecule has 120 valence electrons. The fourth-order valence-corrected chi connectivity index (χ4v) is 3.47. The first-order valence-corrected chi connectivity index (χ1v) is 7.93. The van der Waals surface area contributed by atoms with E-state index < -0.39 is 5.82 Å². The Morgan fingerprint density at radius 2 is 2.14 bits per heavy atom. The number of carbonyl (C=O) groups is 1. The fourth-order valence-electron chi connectivity index (χ4n) is 3.30. The normalized spacial score (nSPS) is 24.5. The van der Waals surface area contributed by atoms with E-state index in [1.54, 1.807) is 4.90 Å². The molecule has 1 spiro atoms. The first kappa shape index (κ1) is 15.7. The van der Waals surface area contributed by atoms with Crippen molar-refractivity contribution in [1.29, 1.82) is 0 Å². The summed E-state index contributed by atoms with van der Waals surface area (Å²) in [5.74, 6) is -0.898. The molecular weight excluding hydrogens is 309 g/mol. The number of halogens is 2. The third-order valence-corrected chi connectivity index (χ3v) is 4.82. The lowest BCUT2D eigenvalue weighted by atomic mass is 9.83. The maximum Gasteiger partial charge on any atom is 0.256 e. The van der Waals surface area contributed by atoms with Gasteiger partial charge in [0.1, 0.15) is 5.82 Å². The lowest BCUT2D eigenvalue weighted by Gasteiger charge is -2.45. The summed E-state index contributed by atoms with van der Waals surface area (Å²) in [6, 6.07) is 4.00. The van der Waals surface area contributed by atoms with Crippen molar-refractivity contribution < 1.29 is 19.0 Å². The summed E-state index contributed by atoms with van der Waals surface area (Å²) < 4.78 is 19.7. The molecule has 1 N–H and O–H groups in total. The number of aliphatic hydroxyl groups excluding tert-OH is 1. The van der Waals surface area contributed by atoms with Crippen LogP contribution in [0.2, 0.25) is 5.02 Å². The first-order chi connectivity index (χ1) is 10.5. The van der Waals surface area contributed by atoms with E-state index in [4.69, 9.17) is 16.3 Å². The number of ether oxygens (including phenoxy) is 1. The molecule has 2 fully saturated rings. The van der Waals surface area contributed by atoms with Crippen molar-refractivity contribution in [2.45, 2.75) is 37.4 Å². The Morgan fingerprint density at radius 3 is 2.82 bits per heavy atom. The van der Waals surface area contributed by atoms with Crippen LogP contribution in [-0.4, -0.2) is 47.3 Å². The first-order valence-electron chi connectivity index (χ1n) is 7.55. The second kappa shape index (κ2) is 6.14. The van der Waals surface area contributed by atoms with E-state index in [-0.39, 0.29) is 23.2 Å². The predicted molar refractivity (Wildman–Crippen MR) is 80.5 cm³/mol. The summed E-state index contributed by atoms with van der Waals surface area (Å²) in [4.78, 5) is 14.1. The van der Waals surface area contributed by atoms with Crippen molar-refractivity contribution in [3.63, 3.8) is 0 Å². The minimum absolute atomic E-state index is 0.00745. The van der Waals surface area contributed by atoms with Crippen molar-refractivity contribution in [3.05, 3.63) is 34.6 Å². The van der Waals surface area contributed by atoms with Crippen LogP contribution < -0.4 is 0 Å². The number of aliphatic hydroxyl groups is 1. The van der Waals surface area contributed by atoms with E-state index >= 15 is 0 Å². The smallest absolute Gasteiger partial charge is 0.256 e. The standard InChI is InChI=1S/C16H19ClFNO3/c17-11-1-2-14(18)13(9-11)15(21)19-6-4-16(5-7-19)10-12(20)3-8-22-16/h1-2,9,12,20H,3-8,10H2. The molecule has 3 rings (SSSR count). The molecule has 0 bridgehead atoms. The zero-order chi connectivity index (χ0) is 15.7. The predicted octanol–water partition coefficient (Wildman–Crippen LogP) is 2.63. The zero-order valence-corrected chi connectivity index (χ0v) is 13.0. The molecule has 1 aromatic carbocycles. The number of likely N-dealkylation sites (tertiary alicyclic amines) is 1. The van der Waals surface area contributed by atoms with Gasteiger partial charge in [-0.15, -0.1) is 0 Å². The molecule has 2 saturated heterocycles. The van der Waals surface area contributed by atoms with Gasteiger partial charge >= 0.3 is 0 Å². The molecule has 0 radical (unpaired) electrons. The number of nitrogens with zero attached hydrogens (tertiary/aromatic N) is 1. The molecule has 2 aliphatic heterocycles. The summed E-state index contributed by atoms with van der Waals surface area (Å²) in [5.41, 5.74) is -0.325. The van der Waals surface area contributed by atoms with Crippen molar-refractivity contribution in [3.8, 4) is 0 Å². The molecule has 2 aliphatic rings. The molecule has 22 heavy (non-hydrogen) atoms. The minimum atomic E-state index is -0.556. The average Bonchev–Trinajstić information content (AvgIpc) is 2.50. The summed E-state index contributed by atoms with van der Waals surface area (Å²) in [6.45, 7) is 1.55. The Balaban J connectivity index is 1.68. The second-order valence-electron chi connectivity index (χ2n) is 6.09. The molecule has 6 heteroatoms. The lowest BCUT2D eigenvalue weighted by molar-refractivity contribution is -0.139. The molecule has 0 aromatic heterocycles. The summed E-state index contributed by atoms with van der Waals surface area (Å²) in [5, 5.41) is 10.2. The van der Waals surface area contributed by atoms with Crippen molar-refractivity contribution in [1.82, 2.24) is 4.90 Å². The highest BCUT2D eigenvalue weighted by molar-refractivity contribution is 6.31. The van der Waals surface area contributed by atoms with Crippen LogP contribution in [0.15, 0.2) is 18.2 Å². The van der Waals surface area contributed by atoms with E-state index in [9.17, 15) is 14.3 Å². The van der Waals surface area contributed by atoms with Crippen LogP contribution in [0.3, 0.4) is 0 Å². The highest BCUT2D eigenvalue weighted by Crippen LogP contribution is 2.35. The summed E-state index contributed by atoms with van der Waals surface area (Å²) in [6.07, 6.45) is 2.27. The zero-order valence-electron chi connectivity index (χ0n) is 12.2. The molecule has 1 unspecified atom stereocenters. The van der Waals surface area contributed by atoms with Gasteiger partial charge in [-0.05, 0) is 37.5 Å². The van der Waals surface area contributed by atoms with Crippen molar-refractivity contribution >= 4 is 17.5 Å². The van der Waals surface area contributed by atoms with E-state index in [1.807, 2.05) is 0 Å². The minimum Gasteiger partial charge on any atom is -0.393 e. The molecule has 0 aliphatic carbocycles. The van der Waals surface area contributed by atoms with Gasteiger partial charge in [-0.3, -0.25) is 4.79 Å². The van der Waals surface area contributed by atoms with Crippen LogP contribution in [0.25, 0.3) is 0 Å². The van der Waals surface area contributed by atoms with Gasteiger partial charge in [-0.1, -0.05) is 11.6 Å². The van der Waals surface area contributed by atoms with E-state index in [0.29, 0.717) is 50.4 Å². The molecule has 4 nitrogen and oxygen atoms in total. The molecule has 2 heterocycles. The Morgan fingerprint density at radius 1 is 1.41 bits per heavy atom. The monoisotopic (exact) mass is 327 g/mol. The van der Waals surface area contributed by atoms with Gasteiger partial charge in [0.15, 0.2) is 0 Å². The third kappa shape index (κ3) is 3.12. The van der Waals surface area contributed by atoms with Gasteiger partial charge in [-0.25, -0.2) is 4.39 Å². The van der Waals surface area contributed by atoms with Gasteiger partial charge in [0.2, 0.25) is 0 Å². The largest absolute Gasteiger partial charge is 0.393 e. The quantitative estimate of drug-likeness (QED) is 0.862. The average molecular weight is 328 g/mol. The Kier molecular flexibility index (Phi) is 4.39. The number of hydrogen-bond acceptors (Lipinski definition) is 3. The molecule has 1 amide bonds. The molecule has 1 atom stereocenters. The van der Waals surface area contributed by atoms with E-state index in [0.717, 1.165) is 0 Å². The van der Waals surface area contributed by atoms with E-state index in [2.05, 4.69) is 0 Å². The molecular formula is C16H19ClFNO3. The summed E-state index contributed by atoms with van der Waals surface area (Å²) in [7, 11) is 0. The van der Waals surface area contributed by atoms with Crippen LogP contribution >= 0.6 is 11.6 Å². The number of piperidine rings is 1. The highest BCUT2D eigenvalue weighted by Gasteiger charge is 2.41. The van der Waals surface area contributed by atoms with Gasteiger partial charge in [0, 0.05) is 31.1 Å². The van der Waals surface area contributed by atoms with Crippen molar-refractivity contribution in [2.24, 2.45) is 0 Å². The Hall–Kier alpha value is -1.17. The molecule has 1 aromatic rings. The number of amides is 1. The van der Waals surface area contributed by atoms with E-state index in [1.165, 1.54) is 18.2 Å². The van der Waals surface area contributed by atoms with Crippen LogP contribution in [0.5, 0.6) is 0 Å². The van der Waals surface area contributed by atoms with Gasteiger partial charge in [0.25, 0.3) is 5.91 Å². The Labute approximate surface area is 133 Å². The van der Waals surface area contributed by atoms with Crippen LogP contribution in [-0.2, 0) is 4.74 Å². The fraction of sp³-hybridized carbons (Fsp3) is 0.562. The van der Waals surface area contributed by atoms with Gasteiger partial charge < -0.3 is 14.7 Å². The highest BCUT2D eigenvalue weighted by atomic mass is 35.5. The second-order valence-corrected chi connectivity index (χ2v) is 6.53. The number of hydrogen-bond donors (Lipinski definition) is 1. The maximum absolute atomic E-state index is 13.8. The van der Waals surface area contributed by atoms with Crippen LogP contribution in [0, 0.1) is 5.82 Å². The SMILES string of the molecule is O=C(c1cc(Cl)ccc1F)N1CCC2(CC1)CC(O)CCO2. The maximum atomic E-state index is 13.8. The van der Waals surface area contributed by atoms with Gasteiger partial charge in [0.05, 0.1) is 17.3 Å². The molecule has 0 saturated carbocycles. The van der Waals surface area contributed by atoms with Crippen LogP contribution in [0.1, 0.15) is 36.0 Å². The topological polar surface area (TPSA) is 49.8 Å². The summed E-state index contributed by atoms with van der Waals surface area (Å²) >= 11 is 5.85. The number of benzene rings is 1. The third-order valence-electron chi connectivity index (χ3n) is 4.59. The lowest BCUT2D eigenvalue weighted by Crippen LogP contribution is -2.51. The number of rotatable bonds is 1. The van der Waals surface area contributed by atoms with Gasteiger partial charge in [-0.2, -0.15) is 0 Å². The Bertz CT molecular complexity index is 573. The number of carbonyl (C=O) groups excluding carboxylic acids is 1. The van der Waals surface area contributed by atoms with Crippen molar-refractivity contribution in [2.75, 3.05) is 19.7 Å². The van der Waals surface area contributed by atoms with Crippen LogP contribution in [0.4, 0.5) is 4.39 Å².